The molecule has 6 nitrogen and oxygen atoms in total. The van der Waals surface area contributed by atoms with Crippen LogP contribution in [0.2, 0.25) is 0 Å². The molecular formula is C19H28BrN3O3. The van der Waals surface area contributed by atoms with E-state index < -0.39 is 0 Å². The topological polar surface area (TPSA) is 74.7 Å². The first-order valence-electron chi connectivity index (χ1n) is 9.51. The predicted molar refractivity (Wildman–Crippen MR) is 105 cm³/mol. The van der Waals surface area contributed by atoms with Gasteiger partial charge >= 0.3 is 5.97 Å². The lowest BCUT2D eigenvalue weighted by Crippen LogP contribution is -2.50. The van der Waals surface area contributed by atoms with E-state index in [0.717, 1.165) is 49.7 Å². The first-order valence-corrected chi connectivity index (χ1v) is 10.3. The standard InChI is InChI=1S/C19H28BrN3O3/c1-26-19(25)15-11-13(20)12-21-18(15)23-9-7-14(8-10-23)22-16-5-3-2-4-6-17(16)24/h11-12,14,16-17,22,24H,2-10H2,1H3/t16?,17-/m1/s1. The number of rotatable bonds is 4. The average Bonchev–Trinajstić information content (AvgIpc) is 2.86. The Balaban J connectivity index is 1.61. The highest BCUT2D eigenvalue weighted by molar-refractivity contribution is 9.10. The van der Waals surface area contributed by atoms with Gasteiger partial charge in [-0.1, -0.05) is 19.3 Å². The second kappa shape index (κ2) is 9.15. The maximum atomic E-state index is 12.1. The number of aliphatic hydroxyl groups excluding tert-OH is 1. The maximum Gasteiger partial charge on any atom is 0.341 e. The van der Waals surface area contributed by atoms with E-state index in [2.05, 4.69) is 31.1 Å². The monoisotopic (exact) mass is 425 g/mol. The number of carbonyl (C=O) groups is 1. The van der Waals surface area contributed by atoms with Crippen molar-refractivity contribution < 1.29 is 14.6 Å². The molecule has 0 radical (unpaired) electrons. The Morgan fingerprint density at radius 1 is 1.27 bits per heavy atom. The Morgan fingerprint density at radius 3 is 2.73 bits per heavy atom. The summed E-state index contributed by atoms with van der Waals surface area (Å²) in [7, 11) is 1.39. The Labute approximate surface area is 163 Å². The van der Waals surface area contributed by atoms with E-state index in [1.807, 2.05) is 0 Å². The lowest BCUT2D eigenvalue weighted by Gasteiger charge is -2.36. The zero-order chi connectivity index (χ0) is 18.5. The van der Waals surface area contributed by atoms with Crippen molar-refractivity contribution in [3.8, 4) is 0 Å². The summed E-state index contributed by atoms with van der Waals surface area (Å²) >= 11 is 3.37. The number of esters is 1. The average molecular weight is 426 g/mol. The first-order chi connectivity index (χ1) is 12.6. The van der Waals surface area contributed by atoms with Gasteiger partial charge < -0.3 is 20.1 Å². The van der Waals surface area contributed by atoms with Crippen LogP contribution < -0.4 is 10.2 Å². The largest absolute Gasteiger partial charge is 0.465 e. The number of methoxy groups -OCH3 is 1. The molecule has 2 fully saturated rings. The molecular weight excluding hydrogens is 398 g/mol. The SMILES string of the molecule is COC(=O)c1cc(Br)cnc1N1CCC(NC2CCCCC[C@H]2O)CC1. The fourth-order valence-electron chi connectivity index (χ4n) is 3.99. The first kappa shape index (κ1) is 19.6. The van der Waals surface area contributed by atoms with E-state index >= 15 is 0 Å². The highest BCUT2D eigenvalue weighted by Crippen LogP contribution is 2.26. The summed E-state index contributed by atoms with van der Waals surface area (Å²) in [4.78, 5) is 18.7. The molecule has 0 aromatic carbocycles. The van der Waals surface area contributed by atoms with Gasteiger partial charge in [0.1, 0.15) is 11.4 Å². The van der Waals surface area contributed by atoms with Crippen LogP contribution in [0.15, 0.2) is 16.7 Å². The molecule has 2 aliphatic rings. The number of pyridine rings is 1. The number of ether oxygens (including phenoxy) is 1. The highest BCUT2D eigenvalue weighted by Gasteiger charge is 2.28. The highest BCUT2D eigenvalue weighted by atomic mass is 79.9. The van der Waals surface area contributed by atoms with Gasteiger partial charge in [-0.15, -0.1) is 0 Å². The Morgan fingerprint density at radius 2 is 2.00 bits per heavy atom. The minimum Gasteiger partial charge on any atom is -0.465 e. The van der Waals surface area contributed by atoms with Crippen LogP contribution in [0.4, 0.5) is 5.82 Å². The third-order valence-corrected chi connectivity index (χ3v) is 5.90. The molecule has 1 saturated heterocycles. The molecule has 2 atom stereocenters. The number of aliphatic hydroxyl groups is 1. The summed E-state index contributed by atoms with van der Waals surface area (Å²) in [6.45, 7) is 1.66. The van der Waals surface area contributed by atoms with E-state index in [-0.39, 0.29) is 18.1 Å². The third kappa shape index (κ3) is 4.75. The number of hydrogen-bond acceptors (Lipinski definition) is 6. The molecule has 1 unspecified atom stereocenters. The summed E-state index contributed by atoms with van der Waals surface area (Å²) in [5.74, 6) is 0.323. The number of nitrogens with zero attached hydrogens (tertiary/aromatic N) is 2. The molecule has 0 amide bonds. The van der Waals surface area contributed by atoms with E-state index in [4.69, 9.17) is 4.74 Å². The van der Waals surface area contributed by atoms with Crippen molar-refractivity contribution in [2.24, 2.45) is 0 Å². The van der Waals surface area contributed by atoms with Crippen LogP contribution in [-0.4, -0.2) is 54.4 Å². The second-order valence-electron chi connectivity index (χ2n) is 7.26. The predicted octanol–water partition coefficient (Wildman–Crippen LogP) is 2.88. The summed E-state index contributed by atoms with van der Waals surface area (Å²) in [5, 5.41) is 14.0. The van der Waals surface area contributed by atoms with E-state index in [0.29, 0.717) is 17.4 Å². The van der Waals surface area contributed by atoms with Gasteiger partial charge in [-0.25, -0.2) is 9.78 Å². The smallest absolute Gasteiger partial charge is 0.341 e. The summed E-state index contributed by atoms with van der Waals surface area (Å²) in [5.41, 5.74) is 0.493. The van der Waals surface area contributed by atoms with Gasteiger partial charge in [-0.3, -0.25) is 0 Å². The van der Waals surface area contributed by atoms with Crippen LogP contribution in [-0.2, 0) is 4.74 Å². The molecule has 7 heteroatoms. The fraction of sp³-hybridized carbons (Fsp3) is 0.684. The summed E-state index contributed by atoms with van der Waals surface area (Å²) < 4.78 is 5.67. The Hall–Kier alpha value is -1.18. The zero-order valence-electron chi connectivity index (χ0n) is 15.3. The molecule has 2 heterocycles. The molecule has 1 aromatic heterocycles. The van der Waals surface area contributed by atoms with Crippen molar-refractivity contribution in [3.63, 3.8) is 0 Å². The lowest BCUT2D eigenvalue weighted by atomic mass is 9.99. The van der Waals surface area contributed by atoms with Crippen LogP contribution in [0.3, 0.4) is 0 Å². The van der Waals surface area contributed by atoms with Gasteiger partial charge in [0, 0.05) is 35.8 Å². The van der Waals surface area contributed by atoms with Crippen molar-refractivity contribution in [3.05, 3.63) is 22.3 Å². The van der Waals surface area contributed by atoms with Gasteiger partial charge in [-0.2, -0.15) is 0 Å². The van der Waals surface area contributed by atoms with Crippen molar-refractivity contribution >= 4 is 27.7 Å². The van der Waals surface area contributed by atoms with Gasteiger partial charge in [0.2, 0.25) is 0 Å². The molecule has 1 aliphatic carbocycles. The van der Waals surface area contributed by atoms with Crippen molar-refractivity contribution in [2.75, 3.05) is 25.1 Å². The zero-order valence-corrected chi connectivity index (χ0v) is 16.9. The number of aromatic nitrogens is 1. The molecule has 2 N–H and O–H groups in total. The Kier molecular flexibility index (Phi) is 6.89. The summed E-state index contributed by atoms with van der Waals surface area (Å²) in [6.07, 6.45) is 8.94. The van der Waals surface area contributed by atoms with Crippen LogP contribution in [0.25, 0.3) is 0 Å². The van der Waals surface area contributed by atoms with Gasteiger partial charge in [0.05, 0.1) is 13.2 Å². The number of nitrogens with one attached hydrogen (secondary N) is 1. The lowest BCUT2D eigenvalue weighted by molar-refractivity contribution is 0.0600. The molecule has 144 valence electrons. The third-order valence-electron chi connectivity index (χ3n) is 5.46. The molecule has 26 heavy (non-hydrogen) atoms. The number of carbonyl (C=O) groups excluding carboxylic acids is 1. The van der Waals surface area contributed by atoms with Crippen molar-refractivity contribution in [2.45, 2.75) is 63.1 Å². The molecule has 0 bridgehead atoms. The number of halogens is 1. The molecule has 1 saturated carbocycles. The Bertz CT molecular complexity index is 620. The van der Waals surface area contributed by atoms with Crippen molar-refractivity contribution in [1.82, 2.24) is 10.3 Å². The minimum atomic E-state index is -0.365. The number of piperidine rings is 1. The normalized spacial score (nSPS) is 25.0. The van der Waals surface area contributed by atoms with Crippen LogP contribution in [0.5, 0.6) is 0 Å². The molecule has 1 aliphatic heterocycles. The maximum absolute atomic E-state index is 12.1. The van der Waals surface area contributed by atoms with E-state index in [1.54, 1.807) is 12.3 Å². The molecule has 0 spiro atoms. The van der Waals surface area contributed by atoms with Crippen LogP contribution in [0, 0.1) is 0 Å². The molecule has 3 rings (SSSR count). The van der Waals surface area contributed by atoms with Gasteiger partial charge in [0.15, 0.2) is 0 Å². The fourth-order valence-corrected chi connectivity index (χ4v) is 4.32. The molecule has 1 aromatic rings. The summed E-state index contributed by atoms with van der Waals surface area (Å²) in [6, 6.07) is 2.38. The number of anilines is 1. The van der Waals surface area contributed by atoms with E-state index in [9.17, 15) is 9.90 Å². The second-order valence-corrected chi connectivity index (χ2v) is 8.17. The number of hydrogen-bond donors (Lipinski definition) is 2. The van der Waals surface area contributed by atoms with E-state index in [1.165, 1.54) is 20.0 Å². The minimum absolute atomic E-state index is 0.213. The quantitative estimate of drug-likeness (QED) is 0.570. The van der Waals surface area contributed by atoms with Gasteiger partial charge in [0.25, 0.3) is 0 Å². The van der Waals surface area contributed by atoms with Crippen molar-refractivity contribution in [1.29, 1.82) is 0 Å². The van der Waals surface area contributed by atoms with Crippen LogP contribution >= 0.6 is 15.9 Å². The van der Waals surface area contributed by atoms with Crippen LogP contribution in [0.1, 0.15) is 55.3 Å². The van der Waals surface area contributed by atoms with Gasteiger partial charge in [-0.05, 0) is 47.7 Å².